The highest BCUT2D eigenvalue weighted by molar-refractivity contribution is 5.95. The first kappa shape index (κ1) is 29.0. The molecule has 1 atom stereocenters. The third kappa shape index (κ3) is 6.78. The number of halogens is 2. The summed E-state index contributed by atoms with van der Waals surface area (Å²) in [5, 5.41) is 26.9. The van der Waals surface area contributed by atoms with E-state index in [0.717, 1.165) is 0 Å². The molecule has 12 nitrogen and oxygen atoms in total. The van der Waals surface area contributed by atoms with E-state index >= 15 is 8.78 Å². The normalized spacial score (nSPS) is 14.9. The number of phenolic OH excluding ortho intramolecular Hbond substituents is 1. The third-order valence-electron chi connectivity index (χ3n) is 6.03. The minimum absolute atomic E-state index is 0.00234. The number of aromatic nitrogens is 1. The number of aliphatic carboxylic acids is 1. The van der Waals surface area contributed by atoms with E-state index in [-0.39, 0.29) is 53.9 Å². The van der Waals surface area contributed by atoms with Gasteiger partial charge in [-0.05, 0) is 42.8 Å². The molecule has 1 aliphatic heterocycles. The number of nitrogens with one attached hydrogen (secondary N) is 1. The van der Waals surface area contributed by atoms with E-state index in [0.29, 0.717) is 6.54 Å². The summed E-state index contributed by atoms with van der Waals surface area (Å²) in [7, 11) is 3.11. The monoisotopic (exact) mass is 571 g/mol. The van der Waals surface area contributed by atoms with Gasteiger partial charge in [0.1, 0.15) is 17.7 Å². The number of amides is 1. The zero-order chi connectivity index (χ0) is 29.8. The lowest BCUT2D eigenvalue weighted by Gasteiger charge is -2.19. The first-order chi connectivity index (χ1) is 19.4. The fourth-order valence-electron chi connectivity index (χ4n) is 4.04. The van der Waals surface area contributed by atoms with Crippen LogP contribution in [0.5, 0.6) is 34.8 Å². The second-order valence-electron chi connectivity index (χ2n) is 9.36. The number of phenols is 1. The lowest BCUT2D eigenvalue weighted by molar-refractivity contribution is -0.138. The Hall–Kier alpha value is -4.98. The van der Waals surface area contributed by atoms with Crippen LogP contribution in [0.2, 0.25) is 0 Å². The minimum Gasteiger partial charge on any atom is -0.504 e. The van der Waals surface area contributed by atoms with Crippen LogP contribution in [0, 0.1) is 17.0 Å². The highest BCUT2D eigenvalue weighted by Gasteiger charge is 2.31. The van der Waals surface area contributed by atoms with E-state index in [1.54, 1.807) is 19.0 Å². The van der Waals surface area contributed by atoms with Crippen LogP contribution in [0.4, 0.5) is 8.78 Å². The van der Waals surface area contributed by atoms with Gasteiger partial charge in [-0.1, -0.05) is 6.07 Å². The van der Waals surface area contributed by atoms with Crippen molar-refractivity contribution < 1.29 is 42.8 Å². The van der Waals surface area contributed by atoms with Crippen molar-refractivity contribution in [1.82, 2.24) is 14.8 Å². The minimum atomic E-state index is -1.35. The van der Waals surface area contributed by atoms with E-state index in [2.05, 4.69) is 4.98 Å². The maximum Gasteiger partial charge on any atom is 0.317 e. The molecule has 14 heteroatoms. The van der Waals surface area contributed by atoms with Gasteiger partial charge in [-0.15, -0.1) is 0 Å². The average Bonchev–Trinajstić information content (AvgIpc) is 3.36. The molecule has 1 aromatic heterocycles. The molecule has 0 aliphatic carbocycles. The van der Waals surface area contributed by atoms with Gasteiger partial charge in [-0.2, -0.15) is 13.8 Å². The van der Waals surface area contributed by atoms with E-state index in [1.807, 2.05) is 0 Å². The number of amidine groups is 1. The molecule has 0 spiro atoms. The molecule has 1 amide bonds. The van der Waals surface area contributed by atoms with Crippen LogP contribution >= 0.6 is 0 Å². The topological polar surface area (TPSA) is 172 Å². The van der Waals surface area contributed by atoms with Crippen molar-refractivity contribution >= 4 is 17.7 Å². The number of pyridine rings is 1. The van der Waals surface area contributed by atoms with Crippen molar-refractivity contribution in [2.45, 2.75) is 12.5 Å². The summed E-state index contributed by atoms with van der Waals surface area (Å²) in [6, 6.07) is 9.49. The van der Waals surface area contributed by atoms with Crippen molar-refractivity contribution in [2.24, 2.45) is 5.73 Å². The van der Waals surface area contributed by atoms with Crippen molar-refractivity contribution in [3.63, 3.8) is 0 Å². The summed E-state index contributed by atoms with van der Waals surface area (Å²) in [6.07, 6.45) is -0.478. The van der Waals surface area contributed by atoms with Gasteiger partial charge in [0.15, 0.2) is 11.5 Å². The van der Waals surface area contributed by atoms with Crippen LogP contribution in [0.15, 0.2) is 42.5 Å². The van der Waals surface area contributed by atoms with Crippen LogP contribution in [0.1, 0.15) is 22.3 Å². The molecule has 0 bridgehead atoms. The predicted molar refractivity (Wildman–Crippen MR) is 141 cm³/mol. The van der Waals surface area contributed by atoms with Gasteiger partial charge in [0, 0.05) is 38.3 Å². The quantitative estimate of drug-likeness (QED) is 0.209. The Morgan fingerprint density at radius 3 is 2.49 bits per heavy atom. The fraction of sp³-hybridized carbons (Fsp3) is 0.259. The second-order valence-corrected chi connectivity index (χ2v) is 9.36. The maximum atomic E-state index is 15.7. The van der Waals surface area contributed by atoms with Gasteiger partial charge < -0.3 is 35.1 Å². The van der Waals surface area contributed by atoms with Gasteiger partial charge in [0.2, 0.25) is 17.4 Å². The molecule has 3 aromatic rings. The van der Waals surface area contributed by atoms with Crippen LogP contribution in [0.25, 0.3) is 0 Å². The molecule has 5 N–H and O–H groups in total. The number of carboxylic acid groups (broad SMARTS) is 1. The number of ether oxygens (including phenoxy) is 3. The largest absolute Gasteiger partial charge is 0.504 e. The Morgan fingerprint density at radius 1 is 1.12 bits per heavy atom. The number of rotatable bonds is 10. The highest BCUT2D eigenvalue weighted by atomic mass is 19.1. The average molecular weight is 572 g/mol. The molecule has 0 radical (unpaired) electrons. The highest BCUT2D eigenvalue weighted by Crippen LogP contribution is 2.40. The number of nitrogens with zero attached hydrogens (tertiary/aromatic N) is 3. The van der Waals surface area contributed by atoms with Gasteiger partial charge in [0.05, 0.1) is 6.54 Å². The van der Waals surface area contributed by atoms with Gasteiger partial charge in [-0.25, -0.2) is 0 Å². The van der Waals surface area contributed by atoms with Crippen molar-refractivity contribution in [2.75, 3.05) is 33.7 Å². The number of benzene rings is 2. The van der Waals surface area contributed by atoms with E-state index in [1.165, 1.54) is 47.4 Å². The summed E-state index contributed by atoms with van der Waals surface area (Å²) in [4.78, 5) is 30.1. The summed E-state index contributed by atoms with van der Waals surface area (Å²) in [5.41, 5.74) is 5.88. The van der Waals surface area contributed by atoms with Crippen molar-refractivity contribution in [3.05, 3.63) is 65.2 Å². The third-order valence-corrected chi connectivity index (χ3v) is 6.03. The van der Waals surface area contributed by atoms with Crippen molar-refractivity contribution in [1.29, 1.82) is 5.41 Å². The van der Waals surface area contributed by atoms with E-state index < -0.39 is 47.0 Å². The Labute approximate surface area is 233 Å². The second kappa shape index (κ2) is 12.0. The Kier molecular flexibility index (Phi) is 8.52. The summed E-state index contributed by atoms with van der Waals surface area (Å²) < 4.78 is 48.0. The SMILES string of the molecule is CN(C)C(=O)c1cccc(Oc2nc(Oc3cc(C(=N)N)ccc3O)c(F)c(OC3CCN(CC(=O)O)C3)c2F)c1. The molecule has 41 heavy (non-hydrogen) atoms. The number of carboxylic acids is 1. The molecular formula is C27H27F2N5O7. The first-order valence-corrected chi connectivity index (χ1v) is 12.3. The number of hydrogen-bond donors (Lipinski definition) is 4. The zero-order valence-electron chi connectivity index (χ0n) is 22.1. The molecule has 1 saturated heterocycles. The number of aromatic hydroxyl groups is 1. The summed E-state index contributed by atoms with van der Waals surface area (Å²) in [5.74, 6) is -7.66. The van der Waals surface area contributed by atoms with Crippen molar-refractivity contribution in [3.8, 4) is 34.8 Å². The molecule has 1 aliphatic rings. The Balaban J connectivity index is 1.73. The van der Waals surface area contributed by atoms with Gasteiger partial charge in [0.25, 0.3) is 17.7 Å². The Morgan fingerprint density at radius 2 is 1.83 bits per heavy atom. The number of carbonyl (C=O) groups excluding carboxylic acids is 1. The number of nitrogen functional groups attached to an aromatic ring is 1. The summed E-state index contributed by atoms with van der Waals surface area (Å²) in [6.45, 7) is 0.157. The molecule has 1 fully saturated rings. The molecule has 4 rings (SSSR count). The fourth-order valence-corrected chi connectivity index (χ4v) is 4.04. The predicted octanol–water partition coefficient (Wildman–Crippen LogP) is 3.17. The number of carbonyl (C=O) groups is 2. The van der Waals surface area contributed by atoms with Crippen LogP contribution in [-0.4, -0.2) is 82.5 Å². The van der Waals surface area contributed by atoms with Gasteiger partial charge >= 0.3 is 5.97 Å². The lowest BCUT2D eigenvalue weighted by Crippen LogP contribution is -2.30. The standard InChI is InChI=1S/C27H27F2N5O7/c1-33(2)27(38)15-4-3-5-16(10-15)40-25-21(28)23(39-17-8-9-34(12-17)13-20(36)37)22(29)26(32-25)41-19-11-14(24(30)31)6-7-18(19)35/h3-7,10-11,17,35H,8-9,12-13H2,1-2H3,(H3,30,31)(H,36,37). The Bertz CT molecular complexity index is 1500. The molecule has 216 valence electrons. The van der Waals surface area contributed by atoms with E-state index in [9.17, 15) is 14.7 Å². The molecule has 0 saturated carbocycles. The van der Waals surface area contributed by atoms with Crippen LogP contribution in [-0.2, 0) is 4.79 Å². The number of likely N-dealkylation sites (tertiary alicyclic amines) is 1. The van der Waals surface area contributed by atoms with Gasteiger partial charge in [-0.3, -0.25) is 19.9 Å². The molecule has 2 heterocycles. The molecule has 1 unspecified atom stereocenters. The van der Waals surface area contributed by atoms with Crippen LogP contribution < -0.4 is 19.9 Å². The molecular weight excluding hydrogens is 544 g/mol. The number of nitrogens with two attached hydrogens (primary N) is 1. The zero-order valence-corrected chi connectivity index (χ0v) is 22.1. The summed E-state index contributed by atoms with van der Waals surface area (Å²) >= 11 is 0. The number of hydrogen-bond acceptors (Lipinski definition) is 9. The first-order valence-electron chi connectivity index (χ1n) is 12.3. The molecule has 2 aromatic carbocycles. The smallest absolute Gasteiger partial charge is 0.317 e. The lowest BCUT2D eigenvalue weighted by atomic mass is 10.2. The van der Waals surface area contributed by atoms with E-state index in [4.69, 9.17) is 30.5 Å². The van der Waals surface area contributed by atoms with Crippen LogP contribution in [0.3, 0.4) is 0 Å². The maximum absolute atomic E-state index is 15.7.